The Kier molecular flexibility index (Phi) is 4.55. The maximum atomic E-state index is 13.0. The summed E-state index contributed by atoms with van der Waals surface area (Å²) in [7, 11) is 0. The lowest BCUT2D eigenvalue weighted by atomic mass is 9.95. The molecule has 132 valence electrons. The first-order valence-corrected chi connectivity index (χ1v) is 8.82. The van der Waals surface area contributed by atoms with Crippen molar-refractivity contribution >= 4 is 5.91 Å². The summed E-state index contributed by atoms with van der Waals surface area (Å²) in [4.78, 5) is 14.9. The third kappa shape index (κ3) is 3.32. The van der Waals surface area contributed by atoms with E-state index in [4.69, 9.17) is 9.47 Å². The predicted octanol–water partition coefficient (Wildman–Crippen LogP) is 1.76. The summed E-state index contributed by atoms with van der Waals surface area (Å²) in [5.41, 5.74) is 1.45. The van der Waals surface area contributed by atoms with Crippen LogP contribution >= 0.6 is 0 Å². The number of morpholine rings is 1. The van der Waals surface area contributed by atoms with Gasteiger partial charge in [0.05, 0.1) is 25.4 Å². The second-order valence-corrected chi connectivity index (χ2v) is 6.74. The van der Waals surface area contributed by atoms with Gasteiger partial charge in [0.25, 0.3) is 5.91 Å². The fraction of sp³-hybridized carbons (Fsp3) is 0.474. The van der Waals surface area contributed by atoms with E-state index in [9.17, 15) is 4.79 Å². The van der Waals surface area contributed by atoms with Crippen LogP contribution in [0.3, 0.4) is 0 Å². The molecule has 2 aliphatic heterocycles. The fourth-order valence-corrected chi connectivity index (χ4v) is 3.60. The molecule has 2 fully saturated rings. The van der Waals surface area contributed by atoms with Crippen molar-refractivity contribution in [3.05, 3.63) is 53.9 Å². The van der Waals surface area contributed by atoms with Crippen molar-refractivity contribution in [1.29, 1.82) is 0 Å². The first-order chi connectivity index (χ1) is 12.3. The van der Waals surface area contributed by atoms with Crippen LogP contribution in [0.25, 0.3) is 0 Å². The van der Waals surface area contributed by atoms with Crippen molar-refractivity contribution in [3.63, 3.8) is 0 Å². The Morgan fingerprint density at radius 3 is 2.72 bits per heavy atom. The molecule has 1 unspecified atom stereocenters. The van der Waals surface area contributed by atoms with Crippen molar-refractivity contribution in [1.82, 2.24) is 14.7 Å². The minimum atomic E-state index is -0.316. The molecule has 25 heavy (non-hydrogen) atoms. The summed E-state index contributed by atoms with van der Waals surface area (Å²) in [5.74, 6) is -0.0211. The molecule has 6 heteroatoms. The van der Waals surface area contributed by atoms with Crippen LogP contribution in [0.5, 0.6) is 0 Å². The highest BCUT2D eigenvalue weighted by molar-refractivity contribution is 5.93. The molecule has 1 aromatic heterocycles. The van der Waals surface area contributed by atoms with E-state index in [0.717, 1.165) is 19.4 Å². The molecule has 3 heterocycles. The van der Waals surface area contributed by atoms with Gasteiger partial charge in [0.1, 0.15) is 5.69 Å². The van der Waals surface area contributed by atoms with E-state index in [1.807, 2.05) is 40.0 Å². The van der Waals surface area contributed by atoms with Crippen LogP contribution in [-0.2, 0) is 22.4 Å². The van der Waals surface area contributed by atoms with Gasteiger partial charge in [-0.2, -0.15) is 5.10 Å². The second kappa shape index (κ2) is 6.98. The molecule has 0 N–H and O–H groups in total. The molecule has 1 atom stereocenters. The highest BCUT2D eigenvalue weighted by Crippen LogP contribution is 2.30. The lowest BCUT2D eigenvalue weighted by molar-refractivity contribution is -0.0553. The molecular formula is C19H23N3O3. The van der Waals surface area contributed by atoms with Gasteiger partial charge in [0, 0.05) is 25.9 Å². The number of ether oxygens (including phenoxy) is 2. The molecule has 6 nitrogen and oxygen atoms in total. The van der Waals surface area contributed by atoms with Gasteiger partial charge < -0.3 is 14.4 Å². The third-order valence-electron chi connectivity index (χ3n) is 5.06. The molecular weight excluding hydrogens is 318 g/mol. The van der Waals surface area contributed by atoms with Gasteiger partial charge in [-0.15, -0.1) is 0 Å². The van der Waals surface area contributed by atoms with Crippen molar-refractivity contribution in [3.8, 4) is 0 Å². The minimum Gasteiger partial charge on any atom is -0.379 e. The van der Waals surface area contributed by atoms with Crippen molar-refractivity contribution in [2.24, 2.45) is 0 Å². The molecule has 1 aromatic carbocycles. The highest BCUT2D eigenvalue weighted by atomic mass is 16.5. The van der Waals surface area contributed by atoms with Crippen LogP contribution in [0.2, 0.25) is 0 Å². The lowest BCUT2D eigenvalue weighted by Gasteiger charge is -2.43. The smallest absolute Gasteiger partial charge is 0.275 e. The summed E-state index contributed by atoms with van der Waals surface area (Å²) in [6.45, 7) is 3.70. The molecule has 0 aliphatic carbocycles. The van der Waals surface area contributed by atoms with Crippen molar-refractivity contribution in [2.45, 2.75) is 24.9 Å². The van der Waals surface area contributed by atoms with Gasteiger partial charge in [-0.05, 0) is 24.5 Å². The number of amides is 1. The number of hydrogen-bond donors (Lipinski definition) is 0. The number of aryl methyl sites for hydroxylation is 2. The number of benzene rings is 1. The summed E-state index contributed by atoms with van der Waals surface area (Å²) in [6, 6.07) is 12.1. The average molecular weight is 341 g/mol. The molecule has 1 amide bonds. The Balaban J connectivity index is 1.44. The Hall–Kier alpha value is -2.18. The first-order valence-electron chi connectivity index (χ1n) is 8.82. The number of hydrogen-bond acceptors (Lipinski definition) is 4. The number of aromatic nitrogens is 2. The SMILES string of the molecule is O=C(c1ccn(CCc2ccccc2)n1)N1CCOCC12CCOC2. The van der Waals surface area contributed by atoms with Gasteiger partial charge in [0.15, 0.2) is 0 Å². The Bertz CT molecular complexity index is 723. The van der Waals surface area contributed by atoms with Crippen LogP contribution in [-0.4, -0.2) is 59.1 Å². The highest BCUT2D eigenvalue weighted by Gasteiger charge is 2.46. The Labute approximate surface area is 147 Å². The molecule has 2 saturated heterocycles. The summed E-state index contributed by atoms with van der Waals surface area (Å²) in [6.07, 6.45) is 3.60. The Morgan fingerprint density at radius 1 is 1.12 bits per heavy atom. The van der Waals surface area contributed by atoms with Gasteiger partial charge in [0.2, 0.25) is 0 Å². The topological polar surface area (TPSA) is 56.6 Å². The number of nitrogens with zero attached hydrogens (tertiary/aromatic N) is 3. The summed E-state index contributed by atoms with van der Waals surface area (Å²) >= 11 is 0. The van der Waals surface area contributed by atoms with E-state index in [1.54, 1.807) is 0 Å². The summed E-state index contributed by atoms with van der Waals surface area (Å²) in [5, 5.41) is 4.50. The third-order valence-corrected chi connectivity index (χ3v) is 5.06. The van der Waals surface area contributed by atoms with Gasteiger partial charge in [-0.3, -0.25) is 9.48 Å². The monoisotopic (exact) mass is 341 g/mol. The number of rotatable bonds is 4. The van der Waals surface area contributed by atoms with E-state index in [1.165, 1.54) is 5.56 Å². The molecule has 1 spiro atoms. The second-order valence-electron chi connectivity index (χ2n) is 6.74. The molecule has 0 radical (unpaired) electrons. The van der Waals surface area contributed by atoms with E-state index in [-0.39, 0.29) is 11.4 Å². The van der Waals surface area contributed by atoms with Gasteiger partial charge in [-0.1, -0.05) is 30.3 Å². The normalized spacial score (nSPS) is 23.3. The van der Waals surface area contributed by atoms with Crippen LogP contribution in [0.4, 0.5) is 0 Å². The molecule has 2 aromatic rings. The van der Waals surface area contributed by atoms with Gasteiger partial charge >= 0.3 is 0 Å². The minimum absolute atomic E-state index is 0.0211. The quantitative estimate of drug-likeness (QED) is 0.850. The predicted molar refractivity (Wildman–Crippen MR) is 92.4 cm³/mol. The molecule has 4 rings (SSSR count). The zero-order valence-electron chi connectivity index (χ0n) is 14.3. The van der Waals surface area contributed by atoms with Crippen molar-refractivity contribution in [2.75, 3.05) is 33.0 Å². The van der Waals surface area contributed by atoms with E-state index in [0.29, 0.717) is 38.7 Å². The maximum Gasteiger partial charge on any atom is 0.275 e. The largest absolute Gasteiger partial charge is 0.379 e. The van der Waals surface area contributed by atoms with Gasteiger partial charge in [-0.25, -0.2) is 0 Å². The van der Waals surface area contributed by atoms with Crippen LogP contribution in [0, 0.1) is 0 Å². The zero-order chi connectivity index (χ0) is 17.1. The first kappa shape index (κ1) is 16.3. The lowest BCUT2D eigenvalue weighted by Crippen LogP contribution is -2.59. The summed E-state index contributed by atoms with van der Waals surface area (Å²) < 4.78 is 13.0. The van der Waals surface area contributed by atoms with E-state index in [2.05, 4.69) is 17.2 Å². The van der Waals surface area contributed by atoms with Crippen molar-refractivity contribution < 1.29 is 14.3 Å². The standard InChI is InChI=1S/C19H23N3O3/c23-18(22-11-13-25-15-19(22)8-12-24-14-19)17-7-10-21(20-17)9-6-16-4-2-1-3-5-16/h1-5,7,10H,6,8-9,11-15H2. The molecule has 0 saturated carbocycles. The van der Waals surface area contributed by atoms with Crippen LogP contribution in [0.15, 0.2) is 42.6 Å². The fourth-order valence-electron chi connectivity index (χ4n) is 3.60. The average Bonchev–Trinajstić information content (AvgIpc) is 3.31. The molecule has 2 aliphatic rings. The van der Waals surface area contributed by atoms with Crippen LogP contribution < -0.4 is 0 Å². The van der Waals surface area contributed by atoms with E-state index >= 15 is 0 Å². The zero-order valence-corrected chi connectivity index (χ0v) is 14.3. The maximum absolute atomic E-state index is 13.0. The number of carbonyl (C=O) groups is 1. The Morgan fingerprint density at radius 2 is 1.92 bits per heavy atom. The van der Waals surface area contributed by atoms with Crippen LogP contribution in [0.1, 0.15) is 22.5 Å². The molecule has 0 bridgehead atoms. The van der Waals surface area contributed by atoms with E-state index < -0.39 is 0 Å². The number of carbonyl (C=O) groups excluding carboxylic acids is 1.